The number of hydrogen-bond acceptors (Lipinski definition) is 4. The van der Waals surface area contributed by atoms with Gasteiger partial charge in [0.1, 0.15) is 17.0 Å². The van der Waals surface area contributed by atoms with E-state index in [-0.39, 0.29) is 0 Å². The smallest absolute Gasteiger partial charge is 0.167 e. The summed E-state index contributed by atoms with van der Waals surface area (Å²) in [5.74, 6) is 0.884. The first kappa shape index (κ1) is 11.8. The summed E-state index contributed by atoms with van der Waals surface area (Å²) in [5.41, 5.74) is 2.01. The molecule has 4 rings (SSSR count). The lowest BCUT2D eigenvalue weighted by Crippen LogP contribution is -2.03. The van der Waals surface area contributed by atoms with E-state index in [1.54, 1.807) is 17.7 Å². The molecule has 3 heterocycles. The number of nitrogens with zero attached hydrogens (tertiary/aromatic N) is 4. The van der Waals surface area contributed by atoms with Crippen molar-refractivity contribution in [3.8, 4) is 0 Å². The minimum atomic E-state index is 0.699. The maximum absolute atomic E-state index is 5.91. The molecule has 3 aromatic heterocycles. The Morgan fingerprint density at radius 1 is 1.15 bits per heavy atom. The molecule has 0 aliphatic heterocycles. The zero-order valence-corrected chi connectivity index (χ0v) is 11.9. The van der Waals surface area contributed by atoms with E-state index in [1.165, 1.54) is 0 Å². The number of aromatic nitrogens is 4. The van der Waals surface area contributed by atoms with Crippen LogP contribution in [0.3, 0.4) is 0 Å². The second kappa shape index (κ2) is 4.54. The minimum absolute atomic E-state index is 0.699. The molecule has 0 atom stereocenters. The molecular weight excluding hydrogens is 292 g/mol. The Labute approximate surface area is 123 Å². The van der Waals surface area contributed by atoms with Gasteiger partial charge in [-0.3, -0.25) is 0 Å². The highest BCUT2D eigenvalue weighted by atomic mass is 35.5. The molecular formula is C14H9ClN4S. The van der Waals surface area contributed by atoms with Crippen LogP contribution in [0.2, 0.25) is 5.02 Å². The third-order valence-electron chi connectivity index (χ3n) is 3.18. The standard InChI is InChI=1S/C14H9ClN4S/c15-10-3-1-9(2-4-10)7-12-18-14-11(5-6-20-14)13-16-8-17-19(12)13/h1-6,8H,7H2. The summed E-state index contributed by atoms with van der Waals surface area (Å²) in [7, 11) is 0. The first-order valence-electron chi connectivity index (χ1n) is 6.11. The third-order valence-corrected chi connectivity index (χ3v) is 4.24. The highest BCUT2D eigenvalue weighted by Gasteiger charge is 2.11. The lowest BCUT2D eigenvalue weighted by Gasteiger charge is -2.04. The van der Waals surface area contributed by atoms with Gasteiger partial charge in [-0.1, -0.05) is 23.7 Å². The number of hydrogen-bond donors (Lipinski definition) is 0. The molecule has 0 saturated carbocycles. The van der Waals surface area contributed by atoms with Crippen molar-refractivity contribution < 1.29 is 0 Å². The van der Waals surface area contributed by atoms with Crippen LogP contribution in [0, 0.1) is 0 Å². The molecule has 0 spiro atoms. The Morgan fingerprint density at radius 2 is 2.00 bits per heavy atom. The summed E-state index contributed by atoms with van der Waals surface area (Å²) < 4.78 is 1.81. The molecule has 98 valence electrons. The third kappa shape index (κ3) is 1.87. The highest BCUT2D eigenvalue weighted by molar-refractivity contribution is 7.16. The van der Waals surface area contributed by atoms with Gasteiger partial charge in [-0.2, -0.15) is 9.61 Å². The normalized spacial score (nSPS) is 11.4. The summed E-state index contributed by atoms with van der Waals surface area (Å²) in [6.45, 7) is 0. The average molecular weight is 301 g/mol. The van der Waals surface area contributed by atoms with E-state index in [4.69, 9.17) is 16.6 Å². The Morgan fingerprint density at radius 3 is 2.85 bits per heavy atom. The van der Waals surface area contributed by atoms with Crippen LogP contribution in [-0.2, 0) is 6.42 Å². The van der Waals surface area contributed by atoms with Crippen LogP contribution in [0.4, 0.5) is 0 Å². The van der Waals surface area contributed by atoms with E-state index in [2.05, 4.69) is 10.1 Å². The fourth-order valence-electron chi connectivity index (χ4n) is 2.24. The molecule has 0 radical (unpaired) electrons. The van der Waals surface area contributed by atoms with Crippen LogP contribution in [0.1, 0.15) is 11.4 Å². The van der Waals surface area contributed by atoms with Crippen molar-refractivity contribution in [2.75, 3.05) is 0 Å². The molecule has 4 aromatic rings. The highest BCUT2D eigenvalue weighted by Crippen LogP contribution is 2.23. The van der Waals surface area contributed by atoms with E-state index in [0.29, 0.717) is 6.42 Å². The molecule has 4 nitrogen and oxygen atoms in total. The number of rotatable bonds is 2. The number of thiophene rings is 1. The second-order valence-electron chi connectivity index (χ2n) is 4.47. The molecule has 0 aliphatic rings. The molecule has 0 N–H and O–H groups in total. The van der Waals surface area contributed by atoms with Crippen LogP contribution < -0.4 is 0 Å². The van der Waals surface area contributed by atoms with Crippen LogP contribution >= 0.6 is 22.9 Å². The molecule has 0 saturated heterocycles. The summed E-state index contributed by atoms with van der Waals surface area (Å²) in [6.07, 6.45) is 2.27. The van der Waals surface area contributed by atoms with Crippen LogP contribution in [0.5, 0.6) is 0 Å². The monoisotopic (exact) mass is 300 g/mol. The van der Waals surface area contributed by atoms with E-state index in [1.807, 2.05) is 40.2 Å². The molecule has 0 amide bonds. The molecule has 1 aromatic carbocycles. The topological polar surface area (TPSA) is 43.1 Å². The van der Waals surface area contributed by atoms with Crippen molar-refractivity contribution in [3.05, 3.63) is 58.4 Å². The zero-order chi connectivity index (χ0) is 13.5. The molecule has 20 heavy (non-hydrogen) atoms. The Balaban J connectivity index is 1.88. The first-order valence-corrected chi connectivity index (χ1v) is 7.37. The predicted molar refractivity (Wildman–Crippen MR) is 80.4 cm³/mol. The molecule has 0 fully saturated rings. The van der Waals surface area contributed by atoms with Gasteiger partial charge in [0.15, 0.2) is 5.65 Å². The van der Waals surface area contributed by atoms with Gasteiger partial charge in [0, 0.05) is 11.4 Å². The number of halogens is 1. The SMILES string of the molecule is Clc1ccc(Cc2nc3sccc3c3ncnn23)cc1. The van der Waals surface area contributed by atoms with Crippen LogP contribution in [0.15, 0.2) is 42.0 Å². The van der Waals surface area contributed by atoms with Gasteiger partial charge < -0.3 is 0 Å². The van der Waals surface area contributed by atoms with Crippen molar-refractivity contribution in [2.45, 2.75) is 6.42 Å². The summed E-state index contributed by atoms with van der Waals surface area (Å²) in [5, 5.41) is 8.10. The molecule has 0 bridgehead atoms. The lowest BCUT2D eigenvalue weighted by molar-refractivity contribution is 0.840. The Hall–Kier alpha value is -1.98. The van der Waals surface area contributed by atoms with Gasteiger partial charge in [-0.25, -0.2) is 9.97 Å². The molecule has 0 aliphatic carbocycles. The lowest BCUT2D eigenvalue weighted by atomic mass is 10.1. The van der Waals surface area contributed by atoms with Gasteiger partial charge in [0.25, 0.3) is 0 Å². The van der Waals surface area contributed by atoms with Crippen molar-refractivity contribution in [1.29, 1.82) is 0 Å². The maximum Gasteiger partial charge on any atom is 0.167 e. The largest absolute Gasteiger partial charge is 0.221 e. The van der Waals surface area contributed by atoms with Crippen molar-refractivity contribution >= 4 is 38.8 Å². The summed E-state index contributed by atoms with van der Waals surface area (Å²) >= 11 is 7.53. The van der Waals surface area contributed by atoms with Crippen molar-refractivity contribution in [1.82, 2.24) is 19.6 Å². The Bertz CT molecular complexity index is 894. The average Bonchev–Trinajstić information content (AvgIpc) is 3.08. The van der Waals surface area contributed by atoms with E-state index >= 15 is 0 Å². The Kier molecular flexibility index (Phi) is 2.68. The van der Waals surface area contributed by atoms with E-state index < -0.39 is 0 Å². The van der Waals surface area contributed by atoms with Crippen molar-refractivity contribution in [2.24, 2.45) is 0 Å². The van der Waals surface area contributed by atoms with Gasteiger partial charge in [0.05, 0.1) is 5.39 Å². The second-order valence-corrected chi connectivity index (χ2v) is 5.80. The summed E-state index contributed by atoms with van der Waals surface area (Å²) in [6, 6.07) is 9.82. The van der Waals surface area contributed by atoms with Crippen LogP contribution in [-0.4, -0.2) is 19.6 Å². The van der Waals surface area contributed by atoms with Crippen LogP contribution in [0.25, 0.3) is 15.9 Å². The fraction of sp³-hybridized carbons (Fsp3) is 0.0714. The van der Waals surface area contributed by atoms with E-state index in [0.717, 1.165) is 32.3 Å². The van der Waals surface area contributed by atoms with Gasteiger partial charge in [0.2, 0.25) is 0 Å². The summed E-state index contributed by atoms with van der Waals surface area (Å²) in [4.78, 5) is 10.0. The van der Waals surface area contributed by atoms with Gasteiger partial charge in [-0.15, -0.1) is 11.3 Å². The number of benzene rings is 1. The quantitative estimate of drug-likeness (QED) is 0.568. The minimum Gasteiger partial charge on any atom is -0.221 e. The van der Waals surface area contributed by atoms with Crippen molar-refractivity contribution in [3.63, 3.8) is 0 Å². The fourth-order valence-corrected chi connectivity index (χ4v) is 3.14. The zero-order valence-electron chi connectivity index (χ0n) is 10.3. The molecule has 6 heteroatoms. The number of fused-ring (bicyclic) bond motifs is 3. The van der Waals surface area contributed by atoms with Gasteiger partial charge >= 0.3 is 0 Å². The maximum atomic E-state index is 5.91. The van der Waals surface area contributed by atoms with Gasteiger partial charge in [-0.05, 0) is 29.1 Å². The first-order chi connectivity index (χ1) is 9.81. The molecule has 0 unspecified atom stereocenters. The predicted octanol–water partition coefficient (Wildman–Crippen LogP) is 3.58. The van der Waals surface area contributed by atoms with E-state index in [9.17, 15) is 0 Å².